The highest BCUT2D eigenvalue weighted by Crippen LogP contribution is 2.05. The van der Waals surface area contributed by atoms with Gasteiger partial charge in [-0.3, -0.25) is 0 Å². The van der Waals surface area contributed by atoms with E-state index in [-0.39, 0.29) is 11.1 Å². The van der Waals surface area contributed by atoms with E-state index < -0.39 is 11.9 Å². The number of allylic oxidation sites excluding steroid dienone is 2. The van der Waals surface area contributed by atoms with Crippen LogP contribution in [0.1, 0.15) is 13.8 Å². The normalized spacial score (nSPS) is 13.3. The van der Waals surface area contributed by atoms with Crippen molar-refractivity contribution in [2.45, 2.75) is 13.8 Å². The molecule has 0 rings (SSSR count). The van der Waals surface area contributed by atoms with Crippen molar-refractivity contribution in [3.63, 3.8) is 0 Å². The van der Waals surface area contributed by atoms with Gasteiger partial charge in [0.1, 0.15) is 0 Å². The molecule has 2 N–H and O–H groups in total. The Balaban J connectivity index is 5.09. The van der Waals surface area contributed by atoms with E-state index in [0.29, 0.717) is 0 Å². The molecule has 4 nitrogen and oxygen atoms in total. The third-order valence-corrected chi connectivity index (χ3v) is 1.46. The molecule has 0 bridgehead atoms. The van der Waals surface area contributed by atoms with Gasteiger partial charge in [0.2, 0.25) is 0 Å². The highest BCUT2D eigenvalue weighted by molar-refractivity contribution is 5.96. The van der Waals surface area contributed by atoms with Crippen LogP contribution in [-0.2, 0) is 9.59 Å². The topological polar surface area (TPSA) is 74.6 Å². The summed E-state index contributed by atoms with van der Waals surface area (Å²) in [5.74, 6) is -2.29. The minimum Gasteiger partial charge on any atom is -0.478 e. The van der Waals surface area contributed by atoms with E-state index >= 15 is 0 Å². The van der Waals surface area contributed by atoms with Crippen molar-refractivity contribution in [2.24, 2.45) is 0 Å². The van der Waals surface area contributed by atoms with Gasteiger partial charge in [-0.2, -0.15) is 0 Å². The first-order valence-corrected chi connectivity index (χ1v) is 4.00. The lowest BCUT2D eigenvalue weighted by Crippen LogP contribution is -2.03. The summed E-state index contributed by atoms with van der Waals surface area (Å²) in [5, 5.41) is 17.3. The van der Waals surface area contributed by atoms with Crippen molar-refractivity contribution < 1.29 is 19.8 Å². The van der Waals surface area contributed by atoms with Crippen LogP contribution >= 0.6 is 0 Å². The van der Waals surface area contributed by atoms with E-state index in [4.69, 9.17) is 10.2 Å². The summed E-state index contributed by atoms with van der Waals surface area (Å²) in [7, 11) is 0. The number of rotatable bonds is 4. The molecule has 14 heavy (non-hydrogen) atoms. The molecule has 0 aliphatic rings. The molecule has 0 amide bonds. The SMILES string of the molecule is C/C=C/C(=C\C(=C/C)C(=O)O)C(=O)O. The van der Waals surface area contributed by atoms with Gasteiger partial charge in [-0.15, -0.1) is 0 Å². The standard InChI is InChI=1S/C10H12O4/c1-3-5-8(10(13)14)6-7(4-2)9(11)12/h3-6H,1-2H3,(H,11,12)(H,13,14)/b5-3+,7-4+,8-6+. The van der Waals surface area contributed by atoms with Gasteiger partial charge in [0.25, 0.3) is 0 Å². The summed E-state index contributed by atoms with van der Waals surface area (Å²) in [6, 6.07) is 0. The van der Waals surface area contributed by atoms with Crippen molar-refractivity contribution in [2.75, 3.05) is 0 Å². The fraction of sp³-hybridized carbons (Fsp3) is 0.200. The summed E-state index contributed by atoms with van der Waals surface area (Å²) in [6.07, 6.45) is 5.34. The second kappa shape index (κ2) is 5.75. The molecule has 0 aromatic heterocycles. The van der Waals surface area contributed by atoms with E-state index in [0.717, 1.165) is 6.08 Å². The number of hydrogen-bond acceptors (Lipinski definition) is 2. The van der Waals surface area contributed by atoms with E-state index in [1.54, 1.807) is 6.92 Å². The zero-order chi connectivity index (χ0) is 11.1. The second-order valence-corrected chi connectivity index (χ2v) is 2.45. The molecule has 0 saturated heterocycles. The number of carboxylic acids is 2. The molecular weight excluding hydrogens is 184 g/mol. The molecule has 0 aliphatic heterocycles. The second-order valence-electron chi connectivity index (χ2n) is 2.45. The Kier molecular flexibility index (Phi) is 4.99. The van der Waals surface area contributed by atoms with Crippen LogP contribution in [0.5, 0.6) is 0 Å². The van der Waals surface area contributed by atoms with Crippen LogP contribution in [0.2, 0.25) is 0 Å². The quantitative estimate of drug-likeness (QED) is 0.529. The maximum absolute atomic E-state index is 10.6. The Morgan fingerprint density at radius 3 is 1.79 bits per heavy atom. The number of carbonyl (C=O) groups is 2. The molecule has 76 valence electrons. The molecule has 0 unspecified atom stereocenters. The highest BCUT2D eigenvalue weighted by atomic mass is 16.4. The first-order chi connectivity index (χ1) is 6.52. The lowest BCUT2D eigenvalue weighted by Gasteiger charge is -1.96. The molecule has 0 heterocycles. The lowest BCUT2D eigenvalue weighted by molar-refractivity contribution is -0.132. The number of carboxylic acid groups (broad SMARTS) is 2. The third-order valence-electron chi connectivity index (χ3n) is 1.46. The number of hydrogen-bond donors (Lipinski definition) is 2. The van der Waals surface area contributed by atoms with Gasteiger partial charge in [-0.1, -0.05) is 18.2 Å². The molecule has 0 atom stereocenters. The summed E-state index contributed by atoms with van der Waals surface area (Å²) in [6.45, 7) is 3.20. The van der Waals surface area contributed by atoms with E-state index in [1.165, 1.54) is 25.2 Å². The zero-order valence-corrected chi connectivity index (χ0v) is 8.02. The van der Waals surface area contributed by atoms with Gasteiger partial charge in [0, 0.05) is 0 Å². The van der Waals surface area contributed by atoms with E-state index in [1.807, 2.05) is 0 Å². The highest BCUT2D eigenvalue weighted by Gasteiger charge is 2.07. The Bertz CT molecular complexity index is 321. The number of aliphatic carboxylic acids is 2. The van der Waals surface area contributed by atoms with Gasteiger partial charge in [0.15, 0.2) is 0 Å². The summed E-state index contributed by atoms with van der Waals surface area (Å²) in [5.41, 5.74) is -0.0940. The molecule has 4 heteroatoms. The Morgan fingerprint density at radius 2 is 1.50 bits per heavy atom. The van der Waals surface area contributed by atoms with Gasteiger partial charge < -0.3 is 10.2 Å². The van der Waals surface area contributed by atoms with Crippen LogP contribution in [0.25, 0.3) is 0 Å². The van der Waals surface area contributed by atoms with Crippen molar-refractivity contribution in [3.05, 3.63) is 35.5 Å². The van der Waals surface area contributed by atoms with Crippen molar-refractivity contribution in [1.82, 2.24) is 0 Å². The minimum absolute atomic E-state index is 0.0412. The third kappa shape index (κ3) is 3.71. The molecule has 0 saturated carbocycles. The van der Waals surface area contributed by atoms with Crippen LogP contribution in [0.4, 0.5) is 0 Å². The fourth-order valence-corrected chi connectivity index (χ4v) is 0.797. The summed E-state index contributed by atoms with van der Waals surface area (Å²) < 4.78 is 0. The van der Waals surface area contributed by atoms with Crippen molar-refractivity contribution in [3.8, 4) is 0 Å². The average Bonchev–Trinajstić information content (AvgIpc) is 2.11. The van der Waals surface area contributed by atoms with Crippen LogP contribution in [0.15, 0.2) is 35.5 Å². The van der Waals surface area contributed by atoms with Gasteiger partial charge in [0.05, 0.1) is 11.1 Å². The maximum atomic E-state index is 10.6. The molecule has 0 spiro atoms. The maximum Gasteiger partial charge on any atom is 0.335 e. The van der Waals surface area contributed by atoms with Gasteiger partial charge in [-0.05, 0) is 19.9 Å². The monoisotopic (exact) mass is 196 g/mol. The minimum atomic E-state index is -1.15. The molecule has 0 fully saturated rings. The van der Waals surface area contributed by atoms with Crippen LogP contribution < -0.4 is 0 Å². The Hall–Kier alpha value is -1.84. The predicted octanol–water partition coefficient (Wildman–Crippen LogP) is 1.60. The van der Waals surface area contributed by atoms with Gasteiger partial charge in [-0.25, -0.2) is 9.59 Å². The average molecular weight is 196 g/mol. The van der Waals surface area contributed by atoms with Crippen LogP contribution in [0.3, 0.4) is 0 Å². The van der Waals surface area contributed by atoms with Crippen molar-refractivity contribution in [1.29, 1.82) is 0 Å². The first kappa shape index (κ1) is 12.2. The largest absolute Gasteiger partial charge is 0.478 e. The van der Waals surface area contributed by atoms with E-state index in [9.17, 15) is 9.59 Å². The smallest absolute Gasteiger partial charge is 0.335 e. The van der Waals surface area contributed by atoms with E-state index in [2.05, 4.69) is 0 Å². The summed E-state index contributed by atoms with van der Waals surface area (Å²) >= 11 is 0. The van der Waals surface area contributed by atoms with Crippen LogP contribution in [-0.4, -0.2) is 22.2 Å². The molecule has 0 aromatic carbocycles. The van der Waals surface area contributed by atoms with Crippen molar-refractivity contribution >= 4 is 11.9 Å². The predicted molar refractivity (Wildman–Crippen MR) is 51.9 cm³/mol. The van der Waals surface area contributed by atoms with Gasteiger partial charge >= 0.3 is 11.9 Å². The molecule has 0 aromatic rings. The lowest BCUT2D eigenvalue weighted by atomic mass is 10.1. The van der Waals surface area contributed by atoms with Crippen LogP contribution in [0, 0.1) is 0 Å². The Morgan fingerprint density at radius 1 is 1.00 bits per heavy atom. The molecule has 0 aliphatic carbocycles. The fourth-order valence-electron chi connectivity index (χ4n) is 0.797. The Labute approximate surface area is 81.9 Å². The first-order valence-electron chi connectivity index (χ1n) is 4.00. The molecular formula is C10H12O4. The zero-order valence-electron chi connectivity index (χ0n) is 8.02. The summed E-state index contributed by atoms with van der Waals surface area (Å²) in [4.78, 5) is 21.2. The molecule has 0 radical (unpaired) electrons.